The van der Waals surface area contributed by atoms with Crippen molar-refractivity contribution in [3.8, 4) is 0 Å². The summed E-state index contributed by atoms with van der Waals surface area (Å²) < 4.78 is 2.06. The summed E-state index contributed by atoms with van der Waals surface area (Å²) in [6.45, 7) is 5.85. The fraction of sp³-hybridized carbons (Fsp3) is 0.400. The molecule has 0 unspecified atom stereocenters. The number of hydrogen-bond acceptors (Lipinski definition) is 5. The highest BCUT2D eigenvalue weighted by molar-refractivity contribution is 7.09. The zero-order valence-corrected chi connectivity index (χ0v) is 16.4. The molecule has 3 aromatic rings. The third kappa shape index (κ3) is 4.55. The summed E-state index contributed by atoms with van der Waals surface area (Å²) >= 11 is 1.70. The second-order valence-electron chi connectivity index (χ2n) is 7.08. The van der Waals surface area contributed by atoms with Gasteiger partial charge in [-0.25, -0.2) is 4.98 Å². The summed E-state index contributed by atoms with van der Waals surface area (Å²) in [6.07, 6.45) is 4.13. The van der Waals surface area contributed by atoms with E-state index in [0.29, 0.717) is 13.1 Å². The minimum Gasteiger partial charge on any atom is -0.340 e. The van der Waals surface area contributed by atoms with Crippen molar-refractivity contribution in [2.24, 2.45) is 0 Å². The van der Waals surface area contributed by atoms with Gasteiger partial charge in [-0.1, -0.05) is 12.1 Å². The molecule has 0 spiro atoms. The van der Waals surface area contributed by atoms with Crippen molar-refractivity contribution < 1.29 is 4.79 Å². The van der Waals surface area contributed by atoms with Gasteiger partial charge in [0.05, 0.1) is 18.8 Å². The molecule has 0 radical (unpaired) electrons. The summed E-state index contributed by atoms with van der Waals surface area (Å²) in [5.74, 6) is 0.192. The van der Waals surface area contributed by atoms with E-state index in [4.69, 9.17) is 0 Å². The van der Waals surface area contributed by atoms with Crippen molar-refractivity contribution in [3.63, 3.8) is 0 Å². The summed E-state index contributed by atoms with van der Waals surface area (Å²) in [7, 11) is 1.89. The molecule has 142 valence electrons. The number of rotatable bonds is 6. The van der Waals surface area contributed by atoms with Crippen LogP contribution in [0.5, 0.6) is 0 Å². The first-order chi connectivity index (χ1) is 13.2. The largest absolute Gasteiger partial charge is 0.340 e. The number of aromatic nitrogens is 2. The minimum atomic E-state index is 0.192. The fourth-order valence-corrected chi connectivity index (χ4v) is 4.19. The number of likely N-dealkylation sites (N-methyl/N-ethyl adjacent to an activating group) is 1. The molecule has 1 amide bonds. The molecule has 0 bridgehead atoms. The molecular weight excluding hydrogens is 358 g/mol. The van der Waals surface area contributed by atoms with Crippen LogP contribution in [0, 0.1) is 0 Å². The molecule has 0 atom stereocenters. The van der Waals surface area contributed by atoms with Gasteiger partial charge in [-0.05, 0) is 23.6 Å². The van der Waals surface area contributed by atoms with E-state index in [1.54, 1.807) is 11.3 Å². The lowest BCUT2D eigenvalue weighted by Crippen LogP contribution is -2.49. The van der Waals surface area contributed by atoms with Crippen molar-refractivity contribution in [3.05, 3.63) is 58.7 Å². The number of imidazole rings is 1. The van der Waals surface area contributed by atoms with E-state index in [2.05, 4.69) is 36.8 Å². The first kappa shape index (κ1) is 18.2. The Morgan fingerprint density at radius 1 is 1.15 bits per heavy atom. The number of nitrogens with zero attached hydrogens (tertiary/aromatic N) is 5. The molecule has 0 saturated carbocycles. The van der Waals surface area contributed by atoms with Crippen LogP contribution in [0.4, 0.5) is 0 Å². The smallest absolute Gasteiger partial charge is 0.236 e. The van der Waals surface area contributed by atoms with Gasteiger partial charge >= 0.3 is 0 Å². The first-order valence-electron chi connectivity index (χ1n) is 9.31. The van der Waals surface area contributed by atoms with Crippen LogP contribution in [0.15, 0.2) is 48.1 Å². The number of pyridine rings is 1. The second kappa shape index (κ2) is 8.21. The maximum Gasteiger partial charge on any atom is 0.236 e. The zero-order chi connectivity index (χ0) is 18.6. The van der Waals surface area contributed by atoms with Gasteiger partial charge in [0, 0.05) is 57.0 Å². The Morgan fingerprint density at radius 2 is 1.96 bits per heavy atom. The van der Waals surface area contributed by atoms with Gasteiger partial charge in [0.2, 0.25) is 5.91 Å². The predicted molar refractivity (Wildman–Crippen MR) is 108 cm³/mol. The summed E-state index contributed by atoms with van der Waals surface area (Å²) in [5.41, 5.74) is 2.09. The lowest BCUT2D eigenvalue weighted by Gasteiger charge is -2.34. The molecule has 1 aliphatic heterocycles. The van der Waals surface area contributed by atoms with E-state index < -0.39 is 0 Å². The Morgan fingerprint density at radius 3 is 2.70 bits per heavy atom. The maximum atomic E-state index is 12.5. The quantitative estimate of drug-likeness (QED) is 0.654. The third-order valence-corrected chi connectivity index (χ3v) is 5.88. The molecule has 0 aromatic carbocycles. The zero-order valence-electron chi connectivity index (χ0n) is 15.6. The number of carbonyl (C=O) groups is 1. The van der Waals surface area contributed by atoms with Crippen LogP contribution in [0.1, 0.15) is 10.6 Å². The lowest BCUT2D eigenvalue weighted by molar-refractivity contribution is -0.132. The highest BCUT2D eigenvalue weighted by atomic mass is 32.1. The highest BCUT2D eigenvalue weighted by Gasteiger charge is 2.21. The molecule has 0 N–H and O–H groups in total. The normalized spacial score (nSPS) is 16.0. The van der Waals surface area contributed by atoms with Crippen LogP contribution in [-0.2, 0) is 17.9 Å². The van der Waals surface area contributed by atoms with Gasteiger partial charge in [0.1, 0.15) is 5.65 Å². The van der Waals surface area contributed by atoms with Crippen molar-refractivity contribution in [2.45, 2.75) is 13.1 Å². The monoisotopic (exact) mass is 383 g/mol. The number of amides is 1. The Bertz CT molecular complexity index is 850. The van der Waals surface area contributed by atoms with Crippen molar-refractivity contribution in [1.82, 2.24) is 24.1 Å². The molecule has 4 heterocycles. The number of carbonyl (C=O) groups excluding carboxylic acids is 1. The van der Waals surface area contributed by atoms with Gasteiger partial charge < -0.3 is 9.30 Å². The molecule has 0 aliphatic carbocycles. The molecule has 1 saturated heterocycles. The van der Waals surface area contributed by atoms with E-state index in [1.165, 1.54) is 4.88 Å². The van der Waals surface area contributed by atoms with Crippen LogP contribution in [0.25, 0.3) is 5.65 Å². The van der Waals surface area contributed by atoms with E-state index in [9.17, 15) is 4.79 Å². The molecular formula is C20H25N5OS. The number of thiophene rings is 1. The van der Waals surface area contributed by atoms with E-state index in [0.717, 1.165) is 44.1 Å². The average molecular weight is 384 g/mol. The van der Waals surface area contributed by atoms with Gasteiger partial charge in [-0.2, -0.15) is 0 Å². The predicted octanol–water partition coefficient (Wildman–Crippen LogP) is 2.17. The van der Waals surface area contributed by atoms with E-state index >= 15 is 0 Å². The van der Waals surface area contributed by atoms with Gasteiger partial charge in [0.25, 0.3) is 0 Å². The van der Waals surface area contributed by atoms with E-state index in [-0.39, 0.29) is 5.91 Å². The number of piperazine rings is 1. The first-order valence-corrected chi connectivity index (χ1v) is 10.2. The van der Waals surface area contributed by atoms with Gasteiger partial charge in [-0.15, -0.1) is 11.3 Å². The fourth-order valence-electron chi connectivity index (χ4n) is 3.43. The molecule has 27 heavy (non-hydrogen) atoms. The van der Waals surface area contributed by atoms with Crippen molar-refractivity contribution in [1.29, 1.82) is 0 Å². The molecule has 6 nitrogen and oxygen atoms in total. The van der Waals surface area contributed by atoms with E-state index in [1.807, 2.05) is 42.4 Å². The number of hydrogen-bond donors (Lipinski definition) is 0. The highest BCUT2D eigenvalue weighted by Crippen LogP contribution is 2.12. The standard InChI is InChI=1S/C20H25N5OS/c1-22(15-18-5-4-12-27-18)20(26)16-24-10-8-23(9-11-24)13-17-14-25-7-3-2-6-19(25)21-17/h2-7,12,14H,8-11,13,15-16H2,1H3. The van der Waals surface area contributed by atoms with Gasteiger partial charge in [-0.3, -0.25) is 14.6 Å². The van der Waals surface area contributed by atoms with Gasteiger partial charge in [0.15, 0.2) is 0 Å². The molecule has 7 heteroatoms. The Labute approximate surface area is 163 Å². The topological polar surface area (TPSA) is 44.1 Å². The molecule has 3 aromatic heterocycles. The molecule has 1 aliphatic rings. The van der Waals surface area contributed by atoms with Crippen LogP contribution in [0.2, 0.25) is 0 Å². The number of fused-ring (bicyclic) bond motifs is 1. The van der Waals surface area contributed by atoms with Crippen molar-refractivity contribution >= 4 is 22.9 Å². The van der Waals surface area contributed by atoms with Crippen LogP contribution in [-0.4, -0.2) is 69.8 Å². The SMILES string of the molecule is CN(Cc1cccs1)C(=O)CN1CCN(Cc2cn3ccccc3n2)CC1. The Hall–Kier alpha value is -2.22. The van der Waals surface area contributed by atoms with Crippen LogP contribution in [0.3, 0.4) is 0 Å². The average Bonchev–Trinajstić information content (AvgIpc) is 3.32. The molecule has 1 fully saturated rings. The van der Waals surface area contributed by atoms with Crippen LogP contribution >= 0.6 is 11.3 Å². The molecule has 4 rings (SSSR count). The summed E-state index contributed by atoms with van der Waals surface area (Å²) in [6, 6.07) is 10.2. The van der Waals surface area contributed by atoms with Crippen molar-refractivity contribution in [2.75, 3.05) is 39.8 Å². The third-order valence-electron chi connectivity index (χ3n) is 5.02. The summed E-state index contributed by atoms with van der Waals surface area (Å²) in [5, 5.41) is 2.05. The Balaban J connectivity index is 1.24. The Kier molecular flexibility index (Phi) is 5.52. The maximum absolute atomic E-state index is 12.5. The summed E-state index contributed by atoms with van der Waals surface area (Å²) in [4.78, 5) is 24.9. The van der Waals surface area contributed by atoms with Crippen LogP contribution < -0.4 is 0 Å². The lowest BCUT2D eigenvalue weighted by atomic mass is 10.3. The second-order valence-corrected chi connectivity index (χ2v) is 8.11. The minimum absolute atomic E-state index is 0.192.